The average Bonchev–Trinajstić information content (AvgIpc) is 3.29. The molecular weight excluding hydrogens is 514 g/mol. The monoisotopic (exact) mass is 534 g/mol. The predicted octanol–water partition coefficient (Wildman–Crippen LogP) is 2.35. The Kier molecular flexibility index (Phi) is 7.63. The van der Waals surface area contributed by atoms with Crippen molar-refractivity contribution in [3.8, 4) is 0 Å². The van der Waals surface area contributed by atoms with Gasteiger partial charge in [0.1, 0.15) is 5.56 Å². The van der Waals surface area contributed by atoms with E-state index in [1.165, 1.54) is 4.90 Å². The third kappa shape index (κ3) is 6.53. The molecule has 17 heteroatoms. The molecule has 4 rings (SSSR count). The van der Waals surface area contributed by atoms with Crippen LogP contribution in [0.1, 0.15) is 22.5 Å². The van der Waals surface area contributed by atoms with Crippen molar-refractivity contribution in [2.24, 2.45) is 0 Å². The Labute approximate surface area is 204 Å². The third-order valence-corrected chi connectivity index (χ3v) is 5.32. The minimum absolute atomic E-state index is 0.00902. The normalized spacial score (nSPS) is 16.7. The Morgan fingerprint density at radius 1 is 1.11 bits per heavy atom. The van der Waals surface area contributed by atoms with Crippen molar-refractivity contribution in [1.29, 1.82) is 0 Å². The number of anilines is 2. The van der Waals surface area contributed by atoms with E-state index in [2.05, 4.69) is 30.6 Å². The van der Waals surface area contributed by atoms with Crippen molar-refractivity contribution < 1.29 is 35.8 Å². The Balaban J connectivity index is 1.32. The zero-order valence-electron chi connectivity index (χ0n) is 18.9. The molecule has 0 aromatic carbocycles. The quantitative estimate of drug-likeness (QED) is 0.373. The molecule has 0 spiro atoms. The second kappa shape index (κ2) is 10.7. The fourth-order valence-electron chi connectivity index (χ4n) is 3.60. The smallest absolute Gasteiger partial charge is 0.377 e. The first-order valence-electron chi connectivity index (χ1n) is 10.8. The summed E-state index contributed by atoms with van der Waals surface area (Å²) in [7, 11) is 0. The molecule has 1 aliphatic heterocycles. The summed E-state index contributed by atoms with van der Waals surface area (Å²) in [6, 6.07) is 1.02. The van der Waals surface area contributed by atoms with Gasteiger partial charge in [0.2, 0.25) is 5.95 Å². The SMILES string of the molecule is O=c1[nH]ncc(N2CCOCC2COCc2cc(CNc3ncc(C(F)(F)F)cn3)[nH]n2)c1C(F)(F)F. The first-order chi connectivity index (χ1) is 17.5. The molecule has 1 fully saturated rings. The van der Waals surface area contributed by atoms with Gasteiger partial charge in [0, 0.05) is 18.9 Å². The van der Waals surface area contributed by atoms with E-state index in [1.54, 1.807) is 6.07 Å². The molecule has 3 N–H and O–H groups in total. The molecule has 0 aliphatic carbocycles. The number of rotatable bonds is 8. The molecule has 0 radical (unpaired) electrons. The summed E-state index contributed by atoms with van der Waals surface area (Å²) in [4.78, 5) is 20.5. The highest BCUT2D eigenvalue weighted by Gasteiger charge is 2.40. The third-order valence-electron chi connectivity index (χ3n) is 5.32. The number of halogens is 6. The fraction of sp³-hybridized carbons (Fsp3) is 0.450. The number of nitrogens with one attached hydrogen (secondary N) is 3. The number of nitrogens with zero attached hydrogens (tertiary/aromatic N) is 5. The first kappa shape index (κ1) is 26.3. The van der Waals surface area contributed by atoms with E-state index in [1.807, 2.05) is 5.10 Å². The molecule has 1 saturated heterocycles. The van der Waals surface area contributed by atoms with Crippen molar-refractivity contribution in [3.63, 3.8) is 0 Å². The number of ether oxygens (including phenoxy) is 2. The van der Waals surface area contributed by atoms with E-state index in [0.29, 0.717) is 23.8 Å². The van der Waals surface area contributed by atoms with E-state index < -0.39 is 35.1 Å². The van der Waals surface area contributed by atoms with Gasteiger partial charge in [-0.3, -0.25) is 9.89 Å². The Morgan fingerprint density at radius 3 is 2.57 bits per heavy atom. The topological polar surface area (TPSA) is 134 Å². The Bertz CT molecular complexity index is 1240. The second-order valence-electron chi connectivity index (χ2n) is 7.93. The number of hydrogen-bond acceptors (Lipinski definition) is 9. The average molecular weight is 534 g/mol. The number of H-pyrrole nitrogens is 2. The maximum Gasteiger partial charge on any atom is 0.423 e. The van der Waals surface area contributed by atoms with Crippen LogP contribution in [0.25, 0.3) is 0 Å². The molecule has 0 saturated carbocycles. The number of alkyl halides is 6. The van der Waals surface area contributed by atoms with Gasteiger partial charge in [-0.05, 0) is 6.07 Å². The zero-order valence-corrected chi connectivity index (χ0v) is 18.9. The van der Waals surface area contributed by atoms with Crippen LogP contribution in [-0.2, 0) is 35.0 Å². The van der Waals surface area contributed by atoms with Crippen LogP contribution in [0.3, 0.4) is 0 Å². The molecular formula is C20H20F6N8O3. The lowest BCUT2D eigenvalue weighted by molar-refractivity contribution is -0.139. The first-order valence-corrected chi connectivity index (χ1v) is 10.8. The molecule has 3 aromatic heterocycles. The summed E-state index contributed by atoms with van der Waals surface area (Å²) in [5, 5.41) is 14.9. The molecule has 200 valence electrons. The Morgan fingerprint density at radius 2 is 1.86 bits per heavy atom. The summed E-state index contributed by atoms with van der Waals surface area (Å²) < 4.78 is 89.3. The van der Waals surface area contributed by atoms with Gasteiger partial charge in [-0.1, -0.05) is 0 Å². The van der Waals surface area contributed by atoms with Crippen LogP contribution in [0.5, 0.6) is 0 Å². The molecule has 3 aromatic rings. The van der Waals surface area contributed by atoms with Gasteiger partial charge in [0.25, 0.3) is 5.56 Å². The lowest BCUT2D eigenvalue weighted by Gasteiger charge is -2.37. The van der Waals surface area contributed by atoms with Crippen LogP contribution in [0.2, 0.25) is 0 Å². The minimum atomic E-state index is -4.87. The van der Waals surface area contributed by atoms with E-state index in [9.17, 15) is 31.1 Å². The van der Waals surface area contributed by atoms with E-state index in [4.69, 9.17) is 9.47 Å². The van der Waals surface area contributed by atoms with Gasteiger partial charge in [-0.15, -0.1) is 0 Å². The van der Waals surface area contributed by atoms with Gasteiger partial charge in [-0.25, -0.2) is 15.1 Å². The maximum absolute atomic E-state index is 13.5. The van der Waals surface area contributed by atoms with E-state index in [-0.39, 0.29) is 51.2 Å². The second-order valence-corrected chi connectivity index (χ2v) is 7.93. The standard InChI is InChI=1S/C20H20F6N8O3/c21-19(22,23)11-4-27-18(28-5-11)29-6-12-3-13(32-31-12)8-37-10-14-9-36-2-1-34(14)15-7-30-33-17(35)16(15)20(24,25)26/h3-5,7,14H,1-2,6,8-10H2,(H,31,32)(H,33,35)(H,27,28,29). The van der Waals surface area contributed by atoms with Crippen LogP contribution in [0.15, 0.2) is 29.5 Å². The molecule has 4 heterocycles. The number of hydrogen-bond donors (Lipinski definition) is 3. The number of morpholine rings is 1. The van der Waals surface area contributed by atoms with Gasteiger partial charge in [0.05, 0.1) is 67.8 Å². The predicted molar refractivity (Wildman–Crippen MR) is 114 cm³/mol. The minimum Gasteiger partial charge on any atom is -0.377 e. The van der Waals surface area contributed by atoms with Crippen LogP contribution in [0, 0.1) is 0 Å². The molecule has 1 atom stereocenters. The zero-order chi connectivity index (χ0) is 26.6. The summed E-state index contributed by atoms with van der Waals surface area (Å²) in [6.07, 6.45) is -7.12. The molecule has 11 nitrogen and oxygen atoms in total. The van der Waals surface area contributed by atoms with Crippen LogP contribution in [-0.4, -0.2) is 62.8 Å². The van der Waals surface area contributed by atoms with Gasteiger partial charge >= 0.3 is 12.4 Å². The van der Waals surface area contributed by atoms with Crippen LogP contribution < -0.4 is 15.8 Å². The largest absolute Gasteiger partial charge is 0.423 e. The highest BCUT2D eigenvalue weighted by atomic mass is 19.4. The Hall–Kier alpha value is -3.73. The molecule has 1 aliphatic rings. The summed E-state index contributed by atoms with van der Waals surface area (Å²) in [5.74, 6) is -0.00902. The lowest BCUT2D eigenvalue weighted by Crippen LogP contribution is -2.49. The van der Waals surface area contributed by atoms with Crippen molar-refractivity contribution in [2.45, 2.75) is 31.5 Å². The molecule has 37 heavy (non-hydrogen) atoms. The van der Waals surface area contributed by atoms with Crippen molar-refractivity contribution in [2.75, 3.05) is 36.6 Å². The summed E-state index contributed by atoms with van der Waals surface area (Å²) in [6.45, 7) is 0.470. The highest BCUT2D eigenvalue weighted by molar-refractivity contribution is 5.53. The summed E-state index contributed by atoms with van der Waals surface area (Å²) in [5.41, 5.74) is -2.96. The summed E-state index contributed by atoms with van der Waals surface area (Å²) >= 11 is 0. The van der Waals surface area contributed by atoms with Gasteiger partial charge in [-0.2, -0.15) is 36.5 Å². The van der Waals surface area contributed by atoms with Crippen LogP contribution >= 0.6 is 0 Å². The number of aromatic amines is 2. The van der Waals surface area contributed by atoms with Crippen molar-refractivity contribution >= 4 is 11.6 Å². The lowest BCUT2D eigenvalue weighted by atomic mass is 10.1. The molecule has 0 amide bonds. The van der Waals surface area contributed by atoms with E-state index in [0.717, 1.165) is 6.20 Å². The van der Waals surface area contributed by atoms with E-state index >= 15 is 0 Å². The van der Waals surface area contributed by atoms with Crippen molar-refractivity contribution in [3.05, 3.63) is 57.5 Å². The molecule has 1 unspecified atom stereocenters. The van der Waals surface area contributed by atoms with Crippen LogP contribution in [0.4, 0.5) is 38.0 Å². The molecule has 0 bridgehead atoms. The number of aromatic nitrogens is 6. The van der Waals surface area contributed by atoms with Crippen molar-refractivity contribution in [1.82, 2.24) is 30.4 Å². The maximum atomic E-state index is 13.5. The van der Waals surface area contributed by atoms with Gasteiger partial charge in [0.15, 0.2) is 0 Å². The van der Waals surface area contributed by atoms with Gasteiger partial charge < -0.3 is 19.7 Å². The highest BCUT2D eigenvalue weighted by Crippen LogP contribution is 2.34. The fourth-order valence-corrected chi connectivity index (χ4v) is 3.60.